The zero-order valence-corrected chi connectivity index (χ0v) is 20.8. The molecule has 1 N–H and O–H groups in total. The summed E-state index contributed by atoms with van der Waals surface area (Å²) >= 11 is 0. The SMILES string of the molecule is CCCNC1CCc2c(ccc(OC(=O)c3ccc(OC)cc3)c2OC(=O)c2ccc(OC)cc2)C1. The van der Waals surface area contributed by atoms with Crippen molar-refractivity contribution in [2.24, 2.45) is 0 Å². The number of rotatable bonds is 9. The van der Waals surface area contributed by atoms with E-state index in [0.29, 0.717) is 40.8 Å². The van der Waals surface area contributed by atoms with Gasteiger partial charge in [-0.25, -0.2) is 9.59 Å². The summed E-state index contributed by atoms with van der Waals surface area (Å²) in [5, 5.41) is 3.57. The maximum Gasteiger partial charge on any atom is 0.343 e. The molecule has 36 heavy (non-hydrogen) atoms. The Labute approximate surface area is 211 Å². The van der Waals surface area contributed by atoms with Gasteiger partial charge in [0.15, 0.2) is 11.5 Å². The summed E-state index contributed by atoms with van der Waals surface area (Å²) in [6.45, 7) is 3.10. The number of carbonyl (C=O) groups excluding carboxylic acids is 2. The van der Waals surface area contributed by atoms with Crippen molar-refractivity contribution in [2.75, 3.05) is 20.8 Å². The van der Waals surface area contributed by atoms with Gasteiger partial charge < -0.3 is 24.3 Å². The van der Waals surface area contributed by atoms with Crippen LogP contribution in [0.15, 0.2) is 60.7 Å². The van der Waals surface area contributed by atoms with Gasteiger partial charge in [-0.1, -0.05) is 13.0 Å². The van der Waals surface area contributed by atoms with Gasteiger partial charge in [0.2, 0.25) is 0 Å². The third kappa shape index (κ3) is 5.86. The van der Waals surface area contributed by atoms with Crippen LogP contribution < -0.4 is 24.3 Å². The maximum absolute atomic E-state index is 13.1. The van der Waals surface area contributed by atoms with E-state index in [2.05, 4.69) is 12.2 Å². The summed E-state index contributed by atoms with van der Waals surface area (Å²) in [6.07, 6.45) is 3.48. The van der Waals surface area contributed by atoms with Crippen LogP contribution in [0.3, 0.4) is 0 Å². The monoisotopic (exact) mass is 489 g/mol. The van der Waals surface area contributed by atoms with Gasteiger partial charge in [-0.3, -0.25) is 0 Å². The molecule has 0 saturated heterocycles. The van der Waals surface area contributed by atoms with Gasteiger partial charge in [0.05, 0.1) is 25.3 Å². The van der Waals surface area contributed by atoms with Gasteiger partial charge in [-0.15, -0.1) is 0 Å². The van der Waals surface area contributed by atoms with Crippen molar-refractivity contribution >= 4 is 11.9 Å². The molecule has 188 valence electrons. The number of methoxy groups -OCH3 is 2. The fourth-order valence-electron chi connectivity index (χ4n) is 4.28. The first kappa shape index (κ1) is 25.3. The maximum atomic E-state index is 13.1. The number of fused-ring (bicyclic) bond motifs is 1. The Balaban J connectivity index is 1.63. The topological polar surface area (TPSA) is 83.1 Å². The Morgan fingerprint density at radius 1 is 0.833 bits per heavy atom. The van der Waals surface area contributed by atoms with E-state index in [9.17, 15) is 9.59 Å². The van der Waals surface area contributed by atoms with E-state index < -0.39 is 11.9 Å². The minimum Gasteiger partial charge on any atom is -0.497 e. The molecule has 3 aromatic rings. The number of nitrogens with one attached hydrogen (secondary N) is 1. The summed E-state index contributed by atoms with van der Waals surface area (Å²) in [6, 6.07) is 17.4. The van der Waals surface area contributed by atoms with E-state index in [0.717, 1.165) is 36.9 Å². The number of benzene rings is 3. The number of carbonyl (C=O) groups is 2. The molecule has 1 atom stereocenters. The number of ether oxygens (including phenoxy) is 4. The lowest BCUT2D eigenvalue weighted by Crippen LogP contribution is -2.35. The minimum atomic E-state index is -0.544. The summed E-state index contributed by atoms with van der Waals surface area (Å²) in [4.78, 5) is 26.0. The molecule has 7 nitrogen and oxygen atoms in total. The molecule has 1 aliphatic carbocycles. The molecule has 0 bridgehead atoms. The molecule has 3 aromatic carbocycles. The van der Waals surface area contributed by atoms with Crippen molar-refractivity contribution in [3.63, 3.8) is 0 Å². The Hall–Kier alpha value is -3.84. The molecule has 1 aliphatic rings. The first-order valence-electron chi connectivity index (χ1n) is 12.1. The van der Waals surface area contributed by atoms with E-state index >= 15 is 0 Å². The first-order chi connectivity index (χ1) is 17.5. The third-order valence-corrected chi connectivity index (χ3v) is 6.26. The standard InChI is InChI=1S/C29H31NO6/c1-4-17-30-22-10-15-25-21(18-22)9-16-26(35-28(31)19-5-11-23(33-2)12-6-19)27(25)36-29(32)20-7-13-24(34-3)14-8-20/h5-9,11-14,16,22,30H,4,10,15,17-18H2,1-3H3. The van der Waals surface area contributed by atoms with Gasteiger partial charge in [0, 0.05) is 11.6 Å². The summed E-state index contributed by atoms with van der Waals surface area (Å²) in [7, 11) is 3.13. The molecule has 0 amide bonds. The minimum absolute atomic E-state index is 0.219. The molecule has 0 aliphatic heterocycles. The Kier molecular flexibility index (Phi) is 8.23. The lowest BCUT2D eigenvalue weighted by atomic mass is 9.87. The highest BCUT2D eigenvalue weighted by molar-refractivity contribution is 5.93. The Bertz CT molecular complexity index is 1200. The second kappa shape index (κ2) is 11.7. The van der Waals surface area contributed by atoms with Crippen LogP contribution in [0.25, 0.3) is 0 Å². The zero-order valence-electron chi connectivity index (χ0n) is 20.8. The average Bonchev–Trinajstić information content (AvgIpc) is 2.92. The smallest absolute Gasteiger partial charge is 0.343 e. The number of hydrogen-bond donors (Lipinski definition) is 1. The van der Waals surface area contributed by atoms with Crippen molar-refractivity contribution in [2.45, 2.75) is 38.6 Å². The molecule has 0 heterocycles. The van der Waals surface area contributed by atoms with Crippen LogP contribution in [0.4, 0.5) is 0 Å². The van der Waals surface area contributed by atoms with Gasteiger partial charge in [0.25, 0.3) is 0 Å². The van der Waals surface area contributed by atoms with Crippen molar-refractivity contribution < 1.29 is 28.5 Å². The highest BCUT2D eigenvalue weighted by atomic mass is 16.6. The van der Waals surface area contributed by atoms with Gasteiger partial charge in [-0.05, 0) is 92.4 Å². The van der Waals surface area contributed by atoms with Crippen molar-refractivity contribution in [1.82, 2.24) is 5.32 Å². The van der Waals surface area contributed by atoms with Crippen LogP contribution in [0.2, 0.25) is 0 Å². The van der Waals surface area contributed by atoms with Gasteiger partial charge in [0.1, 0.15) is 11.5 Å². The molecule has 0 radical (unpaired) electrons. The van der Waals surface area contributed by atoms with E-state index in [4.69, 9.17) is 18.9 Å². The Morgan fingerprint density at radius 2 is 1.42 bits per heavy atom. The number of hydrogen-bond acceptors (Lipinski definition) is 7. The summed E-state index contributed by atoms with van der Waals surface area (Å²) in [5.74, 6) is 0.723. The van der Waals surface area contributed by atoms with E-state index in [1.807, 2.05) is 6.07 Å². The van der Waals surface area contributed by atoms with Crippen molar-refractivity contribution in [3.8, 4) is 23.0 Å². The van der Waals surface area contributed by atoms with Crippen LogP contribution in [0.1, 0.15) is 51.6 Å². The van der Waals surface area contributed by atoms with E-state index in [-0.39, 0.29) is 5.75 Å². The van der Waals surface area contributed by atoms with Crippen molar-refractivity contribution in [3.05, 3.63) is 82.9 Å². The Morgan fingerprint density at radius 3 is 1.97 bits per heavy atom. The molecule has 0 aromatic heterocycles. The molecule has 0 saturated carbocycles. The molecular formula is C29H31NO6. The normalized spacial score (nSPS) is 14.5. The third-order valence-electron chi connectivity index (χ3n) is 6.26. The van der Waals surface area contributed by atoms with Crippen LogP contribution in [-0.4, -0.2) is 38.7 Å². The summed E-state index contributed by atoms with van der Waals surface area (Å²) in [5.41, 5.74) is 2.71. The second-order valence-electron chi connectivity index (χ2n) is 8.66. The molecule has 4 rings (SSSR count). The highest BCUT2D eigenvalue weighted by Gasteiger charge is 2.27. The molecule has 1 unspecified atom stereocenters. The van der Waals surface area contributed by atoms with E-state index in [1.165, 1.54) is 0 Å². The quantitative estimate of drug-likeness (QED) is 0.335. The fraction of sp³-hybridized carbons (Fsp3) is 0.310. The lowest BCUT2D eigenvalue weighted by Gasteiger charge is -2.27. The lowest BCUT2D eigenvalue weighted by molar-refractivity contribution is 0.0680. The largest absolute Gasteiger partial charge is 0.497 e. The van der Waals surface area contributed by atoms with Crippen molar-refractivity contribution in [1.29, 1.82) is 0 Å². The highest BCUT2D eigenvalue weighted by Crippen LogP contribution is 2.39. The second-order valence-corrected chi connectivity index (χ2v) is 8.66. The molecule has 0 fully saturated rings. The van der Waals surface area contributed by atoms with Crippen LogP contribution >= 0.6 is 0 Å². The van der Waals surface area contributed by atoms with Crippen LogP contribution in [0.5, 0.6) is 23.0 Å². The fourth-order valence-corrected chi connectivity index (χ4v) is 4.28. The predicted molar refractivity (Wildman–Crippen MR) is 136 cm³/mol. The van der Waals surface area contributed by atoms with E-state index in [1.54, 1.807) is 68.8 Å². The zero-order chi connectivity index (χ0) is 25.5. The number of esters is 2. The summed E-state index contributed by atoms with van der Waals surface area (Å²) < 4.78 is 22.0. The molecule has 0 spiro atoms. The molecule has 7 heteroatoms. The van der Waals surface area contributed by atoms with Crippen LogP contribution in [0, 0.1) is 0 Å². The predicted octanol–water partition coefficient (Wildman–Crippen LogP) is 5.00. The van der Waals surface area contributed by atoms with Gasteiger partial charge in [-0.2, -0.15) is 0 Å². The molecular weight excluding hydrogens is 458 g/mol. The first-order valence-corrected chi connectivity index (χ1v) is 12.1. The average molecular weight is 490 g/mol. The van der Waals surface area contributed by atoms with Crippen LogP contribution in [-0.2, 0) is 12.8 Å². The van der Waals surface area contributed by atoms with Gasteiger partial charge >= 0.3 is 11.9 Å².